The molecule has 0 aliphatic carbocycles. The molecule has 2 aromatic rings. The van der Waals surface area contributed by atoms with Crippen molar-refractivity contribution in [1.82, 2.24) is 4.90 Å². The van der Waals surface area contributed by atoms with E-state index in [1.807, 2.05) is 42.2 Å². The van der Waals surface area contributed by atoms with Crippen LogP contribution in [-0.2, 0) is 34.5 Å². The number of benzene rings is 2. The van der Waals surface area contributed by atoms with Crippen molar-refractivity contribution in [2.75, 3.05) is 6.61 Å². The Morgan fingerprint density at radius 3 is 1.88 bits per heavy atom. The Hall–Kier alpha value is -1.83. The fraction of sp³-hybridized carbons (Fsp3) is 0.606. The average molecular weight is 648 g/mol. The van der Waals surface area contributed by atoms with Crippen LogP contribution in [0.3, 0.4) is 0 Å². The minimum Gasteiger partial charge on any atom is -0.409 e. The third-order valence-electron chi connectivity index (χ3n) is 9.46. The van der Waals surface area contributed by atoms with Gasteiger partial charge in [0.2, 0.25) is 0 Å². The Labute approximate surface area is 262 Å². The number of carbonyl (C=O) groups is 1. The summed E-state index contributed by atoms with van der Waals surface area (Å²) in [6.45, 7) is 24.2. The van der Waals surface area contributed by atoms with Crippen LogP contribution in [0.1, 0.15) is 65.5 Å². The van der Waals surface area contributed by atoms with Crippen molar-refractivity contribution in [1.29, 1.82) is 0 Å². The lowest BCUT2D eigenvalue weighted by Crippen LogP contribution is -2.53. The predicted octanol–water partition coefficient (Wildman–Crippen LogP) is 7.67. The molecule has 0 spiro atoms. The lowest BCUT2D eigenvalue weighted by molar-refractivity contribution is -0.135. The van der Waals surface area contributed by atoms with Gasteiger partial charge in [-0.2, -0.15) is 8.42 Å². The molecule has 1 saturated heterocycles. The van der Waals surface area contributed by atoms with Crippen LogP contribution in [-0.4, -0.2) is 60.7 Å². The zero-order valence-electron chi connectivity index (χ0n) is 28.1. The molecule has 240 valence electrons. The first-order valence-electron chi connectivity index (χ1n) is 15.3. The molecule has 10 heteroatoms. The van der Waals surface area contributed by atoms with Crippen molar-refractivity contribution in [3.63, 3.8) is 0 Å². The van der Waals surface area contributed by atoms with E-state index in [4.69, 9.17) is 13.0 Å². The summed E-state index contributed by atoms with van der Waals surface area (Å²) in [7, 11) is -8.55. The van der Waals surface area contributed by atoms with E-state index in [0.29, 0.717) is 19.4 Å². The molecular formula is C33H53NO6SSi2. The van der Waals surface area contributed by atoms with E-state index < -0.39 is 39.0 Å². The maximum atomic E-state index is 14.3. The third-order valence-corrected chi connectivity index (χ3v) is 19.7. The summed E-state index contributed by atoms with van der Waals surface area (Å²) < 4.78 is 45.1. The van der Waals surface area contributed by atoms with E-state index in [-0.39, 0.29) is 33.5 Å². The summed E-state index contributed by atoms with van der Waals surface area (Å²) in [5.74, 6) is -0.0596. The Balaban J connectivity index is 1.94. The maximum Gasteiger partial charge on any atom is 0.296 e. The maximum absolute atomic E-state index is 14.3. The number of carbonyl (C=O) groups excluding carboxylic acids is 1. The molecule has 1 heterocycles. The standard InChI is InChI=1S/C33H53NO6SSi2/c1-25-19-21-27(22-20-25)41(36,37)38-23-15-18-28-29(39-42(8,9)32(2,3)4)30(40-43(10,11)33(5,6)7)31(35)34(28)24-26-16-13-12-14-17-26/h12-14,16-17,19-22,28-30H,15,18,23-24H2,1-11H3. The van der Waals surface area contributed by atoms with Crippen molar-refractivity contribution in [2.45, 2.75) is 127 Å². The van der Waals surface area contributed by atoms with Gasteiger partial charge in [-0.1, -0.05) is 89.6 Å². The van der Waals surface area contributed by atoms with Gasteiger partial charge in [0.15, 0.2) is 22.7 Å². The molecule has 1 amide bonds. The molecule has 3 rings (SSSR count). The fourth-order valence-corrected chi connectivity index (χ4v) is 8.13. The molecule has 0 N–H and O–H groups in total. The molecule has 1 aliphatic rings. The van der Waals surface area contributed by atoms with Crippen LogP contribution in [0.2, 0.25) is 36.3 Å². The van der Waals surface area contributed by atoms with Crippen molar-refractivity contribution in [3.8, 4) is 0 Å². The molecule has 0 radical (unpaired) electrons. The Bertz CT molecular complexity index is 1330. The van der Waals surface area contributed by atoms with Crippen LogP contribution in [0.5, 0.6) is 0 Å². The highest BCUT2D eigenvalue weighted by molar-refractivity contribution is 7.86. The van der Waals surface area contributed by atoms with Gasteiger partial charge in [0.25, 0.3) is 16.0 Å². The fourth-order valence-electron chi connectivity index (χ4n) is 4.64. The van der Waals surface area contributed by atoms with Crippen molar-refractivity contribution >= 4 is 32.7 Å². The van der Waals surface area contributed by atoms with Gasteiger partial charge in [-0.25, -0.2) is 0 Å². The van der Waals surface area contributed by atoms with E-state index in [1.54, 1.807) is 24.3 Å². The highest BCUT2D eigenvalue weighted by atomic mass is 32.2. The topological polar surface area (TPSA) is 82.1 Å². The molecule has 0 bridgehead atoms. The van der Waals surface area contributed by atoms with E-state index in [1.165, 1.54) is 0 Å². The lowest BCUT2D eigenvalue weighted by Gasteiger charge is -2.43. The van der Waals surface area contributed by atoms with Crippen LogP contribution in [0.4, 0.5) is 0 Å². The Kier molecular flexibility index (Phi) is 11.0. The Morgan fingerprint density at radius 1 is 0.814 bits per heavy atom. The monoisotopic (exact) mass is 647 g/mol. The summed E-state index contributed by atoms with van der Waals surface area (Å²) in [5.41, 5.74) is 2.00. The molecule has 0 aromatic heterocycles. The summed E-state index contributed by atoms with van der Waals surface area (Å²) in [4.78, 5) is 16.3. The molecule has 3 atom stereocenters. The molecule has 3 unspecified atom stereocenters. The highest BCUT2D eigenvalue weighted by Gasteiger charge is 2.55. The molecular weight excluding hydrogens is 595 g/mol. The number of hydrogen-bond donors (Lipinski definition) is 0. The third kappa shape index (κ3) is 8.67. The summed E-state index contributed by atoms with van der Waals surface area (Å²) in [6, 6.07) is 16.3. The number of hydrogen-bond acceptors (Lipinski definition) is 6. The zero-order valence-corrected chi connectivity index (χ0v) is 30.9. The molecule has 7 nitrogen and oxygen atoms in total. The predicted molar refractivity (Wildman–Crippen MR) is 178 cm³/mol. The number of aryl methyl sites for hydroxylation is 1. The zero-order chi connectivity index (χ0) is 32.4. The molecule has 2 aromatic carbocycles. The normalized spacial score (nSPS) is 20.6. The first-order valence-corrected chi connectivity index (χ1v) is 22.5. The van der Waals surface area contributed by atoms with Gasteiger partial charge in [-0.3, -0.25) is 8.98 Å². The second-order valence-corrected chi connectivity index (χ2v) is 26.0. The van der Waals surface area contributed by atoms with Gasteiger partial charge in [-0.05, 0) is 73.7 Å². The SMILES string of the molecule is Cc1ccc(S(=O)(=O)OCCCC2C(O[Si](C)(C)C(C)(C)C)C(O[Si](C)(C)C(C)(C)C)C(=O)N2Cc2ccccc2)cc1. The Morgan fingerprint density at radius 2 is 1.35 bits per heavy atom. The number of likely N-dealkylation sites (tertiary alicyclic amines) is 1. The van der Waals surface area contributed by atoms with E-state index in [2.05, 4.69) is 67.7 Å². The minimum atomic E-state index is -3.88. The van der Waals surface area contributed by atoms with Crippen LogP contribution in [0, 0.1) is 6.92 Å². The minimum absolute atomic E-state index is 0.0145. The summed E-state index contributed by atoms with van der Waals surface area (Å²) in [6.07, 6.45) is -0.224. The van der Waals surface area contributed by atoms with Gasteiger partial charge in [0.05, 0.1) is 23.6 Å². The van der Waals surface area contributed by atoms with E-state index in [9.17, 15) is 13.2 Å². The van der Waals surface area contributed by atoms with E-state index in [0.717, 1.165) is 11.1 Å². The number of amides is 1. The molecule has 1 aliphatic heterocycles. The van der Waals surface area contributed by atoms with Crippen molar-refractivity contribution in [3.05, 3.63) is 65.7 Å². The van der Waals surface area contributed by atoms with Gasteiger partial charge in [0, 0.05) is 6.54 Å². The van der Waals surface area contributed by atoms with Crippen LogP contribution in [0.25, 0.3) is 0 Å². The largest absolute Gasteiger partial charge is 0.409 e. The van der Waals surface area contributed by atoms with Gasteiger partial charge >= 0.3 is 0 Å². The quantitative estimate of drug-likeness (QED) is 0.134. The lowest BCUT2D eigenvalue weighted by atomic mass is 10.0. The van der Waals surface area contributed by atoms with Crippen LogP contribution >= 0.6 is 0 Å². The summed E-state index contributed by atoms with van der Waals surface area (Å²) in [5, 5.41) is -0.157. The van der Waals surface area contributed by atoms with Crippen molar-refractivity contribution in [2.24, 2.45) is 0 Å². The molecule has 1 fully saturated rings. The number of nitrogens with zero attached hydrogens (tertiary/aromatic N) is 1. The van der Waals surface area contributed by atoms with Crippen LogP contribution in [0.15, 0.2) is 59.5 Å². The summed E-state index contributed by atoms with van der Waals surface area (Å²) >= 11 is 0. The van der Waals surface area contributed by atoms with E-state index >= 15 is 0 Å². The van der Waals surface area contributed by atoms with Gasteiger partial charge in [0.1, 0.15) is 0 Å². The second-order valence-electron chi connectivity index (χ2n) is 14.9. The highest BCUT2D eigenvalue weighted by Crippen LogP contribution is 2.44. The van der Waals surface area contributed by atoms with Crippen LogP contribution < -0.4 is 0 Å². The number of rotatable bonds is 12. The molecule has 43 heavy (non-hydrogen) atoms. The first kappa shape index (κ1) is 35.7. The second kappa shape index (κ2) is 13.3. The van der Waals surface area contributed by atoms with Gasteiger partial charge in [-0.15, -0.1) is 0 Å². The van der Waals surface area contributed by atoms with Gasteiger partial charge < -0.3 is 13.8 Å². The first-order chi connectivity index (χ1) is 19.7. The van der Waals surface area contributed by atoms with Crippen molar-refractivity contribution < 1.29 is 26.2 Å². The average Bonchev–Trinajstić information content (AvgIpc) is 3.10. The molecule has 0 saturated carbocycles. The smallest absolute Gasteiger partial charge is 0.296 e.